The lowest BCUT2D eigenvalue weighted by molar-refractivity contribution is -0.274. The Morgan fingerprint density at radius 3 is 2.78 bits per heavy atom. The van der Waals surface area contributed by atoms with Crippen LogP contribution in [0.25, 0.3) is 11.0 Å². The van der Waals surface area contributed by atoms with Gasteiger partial charge in [-0.25, -0.2) is 9.97 Å². The highest BCUT2D eigenvalue weighted by Crippen LogP contribution is 2.32. The van der Waals surface area contributed by atoms with Crippen molar-refractivity contribution in [3.63, 3.8) is 0 Å². The van der Waals surface area contributed by atoms with Crippen molar-refractivity contribution in [3.05, 3.63) is 47.8 Å². The number of aromatic nitrogens is 4. The summed E-state index contributed by atoms with van der Waals surface area (Å²) in [4.78, 5) is 25.7. The summed E-state index contributed by atoms with van der Waals surface area (Å²) in [5.74, 6) is -0.326. The normalized spacial score (nSPS) is 17.8. The van der Waals surface area contributed by atoms with E-state index in [1.54, 1.807) is 18.5 Å². The number of imidazole rings is 1. The number of carbonyl (C=O) groups is 1. The van der Waals surface area contributed by atoms with Crippen LogP contribution in [0.5, 0.6) is 5.75 Å². The highest BCUT2D eigenvalue weighted by atomic mass is 19.4. The summed E-state index contributed by atoms with van der Waals surface area (Å²) in [6.07, 6.45) is -0.263. The van der Waals surface area contributed by atoms with Crippen molar-refractivity contribution in [2.75, 3.05) is 13.2 Å². The van der Waals surface area contributed by atoms with E-state index in [1.807, 2.05) is 0 Å². The predicted octanol–water partition coefficient (Wildman–Crippen LogP) is 3.47. The van der Waals surface area contributed by atoms with Gasteiger partial charge < -0.3 is 19.4 Å². The highest BCUT2D eigenvalue weighted by Gasteiger charge is 2.33. The average molecular weight is 449 g/mol. The number of rotatable bonds is 5. The molecule has 1 aliphatic rings. The Balaban J connectivity index is 1.69. The van der Waals surface area contributed by atoms with Crippen LogP contribution >= 0.6 is 0 Å². The molecule has 4 rings (SSSR count). The Labute approximate surface area is 181 Å². The van der Waals surface area contributed by atoms with Crippen LogP contribution < -0.4 is 10.1 Å². The Bertz CT molecular complexity index is 1110. The number of hydrogen-bond donors (Lipinski definition) is 1. The first kappa shape index (κ1) is 22.0. The molecule has 2 atom stereocenters. The third kappa shape index (κ3) is 4.82. The molecule has 0 aliphatic carbocycles. The lowest BCUT2D eigenvalue weighted by atomic mass is 9.93. The molecule has 1 aromatic carbocycles. The van der Waals surface area contributed by atoms with Crippen LogP contribution in [0.1, 0.15) is 40.9 Å². The summed E-state index contributed by atoms with van der Waals surface area (Å²) in [6, 6.07) is 3.44. The number of halogens is 3. The fraction of sp³-hybridized carbons (Fsp3) is 0.429. The third-order valence-electron chi connectivity index (χ3n) is 5.37. The maximum atomic E-state index is 12.9. The molecular formula is C21H22F3N5O3. The Kier molecular flexibility index (Phi) is 6.00. The average Bonchev–Trinajstić information content (AvgIpc) is 3.07. The fourth-order valence-electron chi connectivity index (χ4n) is 3.82. The minimum absolute atomic E-state index is 0.0625. The molecule has 170 valence electrons. The first-order valence-electron chi connectivity index (χ1n) is 10.1. The number of aryl methyl sites for hydroxylation is 2. The van der Waals surface area contributed by atoms with Crippen LogP contribution in [0.4, 0.5) is 13.2 Å². The van der Waals surface area contributed by atoms with E-state index in [0.29, 0.717) is 35.8 Å². The molecule has 32 heavy (non-hydrogen) atoms. The monoisotopic (exact) mass is 449 g/mol. The minimum Gasteiger partial charge on any atom is -0.406 e. The van der Waals surface area contributed by atoms with Gasteiger partial charge >= 0.3 is 6.36 Å². The maximum absolute atomic E-state index is 12.9. The molecule has 3 aromatic rings. The fourth-order valence-corrected chi connectivity index (χ4v) is 3.82. The van der Waals surface area contributed by atoms with Crippen LogP contribution in [0, 0.1) is 12.8 Å². The molecule has 0 radical (unpaired) electrons. The van der Waals surface area contributed by atoms with Crippen LogP contribution in [-0.4, -0.2) is 45.0 Å². The van der Waals surface area contributed by atoms with Gasteiger partial charge in [-0.15, -0.1) is 13.2 Å². The third-order valence-corrected chi connectivity index (χ3v) is 5.37. The molecule has 1 aliphatic heterocycles. The second-order valence-electron chi connectivity index (χ2n) is 7.70. The van der Waals surface area contributed by atoms with Crippen LogP contribution in [0.3, 0.4) is 0 Å². The van der Waals surface area contributed by atoms with Crippen LogP contribution in [0.2, 0.25) is 0 Å². The zero-order valence-electron chi connectivity index (χ0n) is 17.5. The molecule has 2 aromatic heterocycles. The van der Waals surface area contributed by atoms with Gasteiger partial charge in [-0.2, -0.15) is 0 Å². The molecule has 1 saturated heterocycles. The van der Waals surface area contributed by atoms with Gasteiger partial charge in [0, 0.05) is 31.8 Å². The number of nitrogens with zero attached hydrogens (tertiary/aromatic N) is 4. The molecule has 1 fully saturated rings. The quantitative estimate of drug-likeness (QED) is 0.642. The summed E-state index contributed by atoms with van der Waals surface area (Å²) >= 11 is 0. The second kappa shape index (κ2) is 8.73. The molecule has 3 heterocycles. The number of amides is 1. The summed E-state index contributed by atoms with van der Waals surface area (Å²) in [5, 5.41) is 2.98. The van der Waals surface area contributed by atoms with Crippen molar-refractivity contribution in [1.29, 1.82) is 0 Å². The number of alkyl halides is 3. The Morgan fingerprint density at radius 2 is 2.12 bits per heavy atom. The molecule has 1 N–H and O–H groups in total. The number of fused-ring (bicyclic) bond motifs is 1. The smallest absolute Gasteiger partial charge is 0.406 e. The number of hydrogen-bond acceptors (Lipinski definition) is 6. The Morgan fingerprint density at radius 1 is 1.31 bits per heavy atom. The second-order valence-corrected chi connectivity index (χ2v) is 7.70. The van der Waals surface area contributed by atoms with Crippen LogP contribution in [0.15, 0.2) is 30.6 Å². The van der Waals surface area contributed by atoms with Gasteiger partial charge in [-0.3, -0.25) is 9.78 Å². The van der Waals surface area contributed by atoms with Gasteiger partial charge in [-0.1, -0.05) is 0 Å². The first-order chi connectivity index (χ1) is 15.2. The molecule has 1 amide bonds. The first-order valence-corrected chi connectivity index (χ1v) is 10.1. The van der Waals surface area contributed by atoms with E-state index in [9.17, 15) is 18.0 Å². The minimum atomic E-state index is -4.80. The van der Waals surface area contributed by atoms with E-state index in [-0.39, 0.29) is 17.4 Å². The van der Waals surface area contributed by atoms with E-state index < -0.39 is 18.3 Å². The molecule has 0 unspecified atom stereocenters. The summed E-state index contributed by atoms with van der Waals surface area (Å²) in [7, 11) is 1.75. The summed E-state index contributed by atoms with van der Waals surface area (Å²) < 4.78 is 49.2. The standard InChI is InChI=1S/C21H22F3N5O3/c1-12-9-26-16(10-25-12)20(30)28-18(13-4-3-7-31-11-13)19-27-15-8-14(32-21(22,23)24)5-6-17(15)29(19)2/h5-6,8-10,13,18H,3-4,7,11H2,1-2H3,(H,28,30)/t13-,18+/m1/s1. The number of ether oxygens (including phenoxy) is 2. The molecule has 8 nitrogen and oxygen atoms in total. The molecule has 11 heteroatoms. The van der Waals surface area contributed by atoms with E-state index in [4.69, 9.17) is 4.74 Å². The Hall–Kier alpha value is -3.21. The zero-order chi connectivity index (χ0) is 22.9. The zero-order valence-corrected chi connectivity index (χ0v) is 17.5. The van der Waals surface area contributed by atoms with Crippen molar-refractivity contribution in [3.8, 4) is 5.75 Å². The number of benzene rings is 1. The highest BCUT2D eigenvalue weighted by molar-refractivity contribution is 5.92. The van der Waals surface area contributed by atoms with Gasteiger partial charge in [0.25, 0.3) is 5.91 Å². The van der Waals surface area contributed by atoms with Gasteiger partial charge in [0.15, 0.2) is 0 Å². The van der Waals surface area contributed by atoms with Crippen molar-refractivity contribution >= 4 is 16.9 Å². The molecule has 0 spiro atoms. The van der Waals surface area contributed by atoms with Crippen molar-refractivity contribution < 1.29 is 27.4 Å². The van der Waals surface area contributed by atoms with E-state index in [1.165, 1.54) is 30.6 Å². The van der Waals surface area contributed by atoms with E-state index >= 15 is 0 Å². The van der Waals surface area contributed by atoms with Crippen molar-refractivity contribution in [2.45, 2.75) is 32.2 Å². The lowest BCUT2D eigenvalue weighted by Gasteiger charge is -2.30. The van der Waals surface area contributed by atoms with Gasteiger partial charge in [0.2, 0.25) is 0 Å². The topological polar surface area (TPSA) is 91.2 Å². The van der Waals surface area contributed by atoms with Gasteiger partial charge in [0.1, 0.15) is 17.3 Å². The van der Waals surface area contributed by atoms with Crippen LogP contribution in [-0.2, 0) is 11.8 Å². The molecular weight excluding hydrogens is 427 g/mol. The van der Waals surface area contributed by atoms with Crippen molar-refractivity contribution in [2.24, 2.45) is 13.0 Å². The molecule has 0 saturated carbocycles. The molecule has 0 bridgehead atoms. The summed E-state index contributed by atoms with van der Waals surface area (Å²) in [6.45, 7) is 2.84. The summed E-state index contributed by atoms with van der Waals surface area (Å²) in [5.41, 5.74) is 1.79. The number of carbonyl (C=O) groups excluding carboxylic acids is 1. The maximum Gasteiger partial charge on any atom is 0.573 e. The van der Waals surface area contributed by atoms with Crippen molar-refractivity contribution in [1.82, 2.24) is 24.8 Å². The van der Waals surface area contributed by atoms with E-state index in [0.717, 1.165) is 12.8 Å². The SMILES string of the molecule is Cc1cnc(C(=O)N[C@H](c2nc3cc(OC(F)(F)F)ccc3n2C)[C@@H]2CCCOC2)cn1. The van der Waals surface area contributed by atoms with Gasteiger partial charge in [-0.05, 0) is 31.9 Å². The predicted molar refractivity (Wildman–Crippen MR) is 108 cm³/mol. The lowest BCUT2D eigenvalue weighted by Crippen LogP contribution is -2.38. The number of nitrogens with one attached hydrogen (secondary N) is 1. The van der Waals surface area contributed by atoms with E-state index in [2.05, 4.69) is 25.0 Å². The largest absolute Gasteiger partial charge is 0.573 e. The van der Waals surface area contributed by atoms with Gasteiger partial charge in [0.05, 0.1) is 35.6 Å².